The smallest absolute Gasteiger partial charge is 0.225 e. The molecule has 1 N–H and O–H groups in total. The lowest BCUT2D eigenvalue weighted by Gasteiger charge is -2.29. The predicted octanol–water partition coefficient (Wildman–Crippen LogP) is 2.72. The van der Waals surface area contributed by atoms with Crippen LogP contribution in [0.3, 0.4) is 0 Å². The molecule has 21 heavy (non-hydrogen) atoms. The van der Waals surface area contributed by atoms with Crippen molar-refractivity contribution >= 4 is 11.8 Å². The Bertz CT molecular complexity index is 343. The summed E-state index contributed by atoms with van der Waals surface area (Å²) in [5.74, 6) is 0.856. The quantitative estimate of drug-likeness (QED) is 0.766. The maximum Gasteiger partial charge on any atom is 0.225 e. The largest absolute Gasteiger partial charge is 0.356 e. The van der Waals surface area contributed by atoms with Crippen LogP contribution in [0.5, 0.6) is 0 Å². The number of hydrogen-bond donors (Lipinski definition) is 1. The summed E-state index contributed by atoms with van der Waals surface area (Å²) in [6, 6.07) is 0. The summed E-state index contributed by atoms with van der Waals surface area (Å²) < 4.78 is 0. The maximum atomic E-state index is 12.3. The van der Waals surface area contributed by atoms with E-state index in [-0.39, 0.29) is 17.7 Å². The maximum absolute atomic E-state index is 12.3. The zero-order valence-electron chi connectivity index (χ0n) is 13.4. The van der Waals surface area contributed by atoms with Crippen LogP contribution in [0, 0.1) is 11.8 Å². The van der Waals surface area contributed by atoms with E-state index in [9.17, 15) is 9.59 Å². The van der Waals surface area contributed by atoms with Crippen LogP contribution in [0.1, 0.15) is 64.7 Å². The molecule has 0 radical (unpaired) electrons. The van der Waals surface area contributed by atoms with Crippen molar-refractivity contribution in [1.29, 1.82) is 0 Å². The van der Waals surface area contributed by atoms with Gasteiger partial charge in [-0.15, -0.1) is 0 Å². The highest BCUT2D eigenvalue weighted by Crippen LogP contribution is 2.31. The third-order valence-electron chi connectivity index (χ3n) is 4.94. The number of carbonyl (C=O) groups excluding carboxylic acids is 2. The van der Waals surface area contributed by atoms with E-state index in [4.69, 9.17) is 0 Å². The lowest BCUT2D eigenvalue weighted by Crippen LogP contribution is -2.38. The zero-order valence-corrected chi connectivity index (χ0v) is 13.4. The van der Waals surface area contributed by atoms with E-state index in [1.807, 2.05) is 4.90 Å². The topological polar surface area (TPSA) is 49.4 Å². The number of amides is 2. The second kappa shape index (κ2) is 8.40. The van der Waals surface area contributed by atoms with Crippen molar-refractivity contribution in [2.45, 2.75) is 64.7 Å². The molecule has 0 bridgehead atoms. The molecular formula is C17H30N2O2. The minimum absolute atomic E-state index is 0.134. The zero-order chi connectivity index (χ0) is 15.1. The van der Waals surface area contributed by atoms with Gasteiger partial charge in [-0.1, -0.05) is 19.8 Å². The number of likely N-dealkylation sites (tertiary alicyclic amines) is 1. The molecule has 1 saturated heterocycles. The fourth-order valence-electron chi connectivity index (χ4n) is 3.53. The molecule has 1 saturated carbocycles. The van der Waals surface area contributed by atoms with Gasteiger partial charge < -0.3 is 10.2 Å². The van der Waals surface area contributed by atoms with Crippen molar-refractivity contribution in [3.63, 3.8) is 0 Å². The normalized spacial score (nSPS) is 25.9. The van der Waals surface area contributed by atoms with Crippen molar-refractivity contribution in [2.24, 2.45) is 11.8 Å². The molecule has 0 aromatic heterocycles. The van der Waals surface area contributed by atoms with E-state index in [1.54, 1.807) is 0 Å². The van der Waals surface area contributed by atoms with Crippen LogP contribution in [0.2, 0.25) is 0 Å². The van der Waals surface area contributed by atoms with Gasteiger partial charge in [-0.2, -0.15) is 0 Å². The van der Waals surface area contributed by atoms with Gasteiger partial charge in [-0.25, -0.2) is 0 Å². The Hall–Kier alpha value is -1.06. The number of carbonyl (C=O) groups is 2. The van der Waals surface area contributed by atoms with E-state index in [0.717, 1.165) is 64.6 Å². The minimum atomic E-state index is 0.134. The minimum Gasteiger partial charge on any atom is -0.356 e. The third kappa shape index (κ3) is 4.72. The Labute approximate surface area is 128 Å². The molecule has 0 atom stereocenters. The summed E-state index contributed by atoms with van der Waals surface area (Å²) in [4.78, 5) is 26.5. The fourth-order valence-corrected chi connectivity index (χ4v) is 3.53. The van der Waals surface area contributed by atoms with Gasteiger partial charge in [0.05, 0.1) is 0 Å². The fraction of sp³-hybridized carbons (Fsp3) is 0.882. The van der Waals surface area contributed by atoms with Gasteiger partial charge in [0, 0.05) is 31.5 Å². The number of rotatable bonds is 6. The Morgan fingerprint density at radius 3 is 2.24 bits per heavy atom. The molecule has 0 aromatic rings. The molecule has 0 aromatic carbocycles. The van der Waals surface area contributed by atoms with Crippen LogP contribution in [-0.2, 0) is 9.59 Å². The Morgan fingerprint density at radius 2 is 1.62 bits per heavy atom. The first-order chi connectivity index (χ1) is 10.2. The molecule has 4 nitrogen and oxygen atoms in total. The highest BCUT2D eigenvalue weighted by molar-refractivity contribution is 5.81. The third-order valence-corrected chi connectivity index (χ3v) is 4.94. The van der Waals surface area contributed by atoms with Crippen LogP contribution in [0.25, 0.3) is 0 Å². The van der Waals surface area contributed by atoms with E-state index in [2.05, 4.69) is 12.2 Å². The van der Waals surface area contributed by atoms with Gasteiger partial charge in [0.2, 0.25) is 11.8 Å². The van der Waals surface area contributed by atoms with Crippen molar-refractivity contribution in [2.75, 3.05) is 19.6 Å². The molecule has 0 unspecified atom stereocenters. The van der Waals surface area contributed by atoms with Crippen LogP contribution in [-0.4, -0.2) is 36.3 Å². The van der Waals surface area contributed by atoms with Crippen molar-refractivity contribution < 1.29 is 9.59 Å². The molecule has 2 amide bonds. The van der Waals surface area contributed by atoms with E-state index in [1.165, 1.54) is 12.8 Å². The molecule has 0 spiro atoms. The average molecular weight is 294 g/mol. The number of hydrogen-bond acceptors (Lipinski definition) is 2. The van der Waals surface area contributed by atoms with E-state index in [0.29, 0.717) is 5.91 Å². The lowest BCUT2D eigenvalue weighted by molar-refractivity contribution is -0.137. The molecule has 120 valence electrons. The molecular weight excluding hydrogens is 264 g/mol. The standard InChI is InChI=1S/C17H30N2O2/c1-2-3-4-11-18-16(20)14-7-9-15(10-8-14)17(21)19-12-5-6-13-19/h14-15H,2-13H2,1H3,(H,18,20). The number of unbranched alkanes of at least 4 members (excludes halogenated alkanes) is 2. The van der Waals surface area contributed by atoms with Crippen LogP contribution >= 0.6 is 0 Å². The highest BCUT2D eigenvalue weighted by Gasteiger charge is 2.32. The van der Waals surface area contributed by atoms with Gasteiger partial charge in [0.25, 0.3) is 0 Å². The summed E-state index contributed by atoms with van der Waals surface area (Å²) in [6.07, 6.45) is 9.28. The van der Waals surface area contributed by atoms with Crippen molar-refractivity contribution in [3.8, 4) is 0 Å². The van der Waals surface area contributed by atoms with Crippen LogP contribution in [0.15, 0.2) is 0 Å². The number of nitrogens with zero attached hydrogens (tertiary/aromatic N) is 1. The lowest BCUT2D eigenvalue weighted by atomic mass is 9.81. The Balaban J connectivity index is 1.67. The van der Waals surface area contributed by atoms with Gasteiger partial charge in [-0.3, -0.25) is 9.59 Å². The second-order valence-corrected chi connectivity index (χ2v) is 6.58. The average Bonchev–Trinajstić information content (AvgIpc) is 3.05. The first-order valence-electron chi connectivity index (χ1n) is 8.79. The van der Waals surface area contributed by atoms with Gasteiger partial charge in [0.1, 0.15) is 0 Å². The summed E-state index contributed by atoms with van der Waals surface area (Å²) >= 11 is 0. The summed E-state index contributed by atoms with van der Waals surface area (Å²) in [6.45, 7) is 4.85. The first kappa shape index (κ1) is 16.3. The number of nitrogens with one attached hydrogen (secondary N) is 1. The Morgan fingerprint density at radius 1 is 1.00 bits per heavy atom. The van der Waals surface area contributed by atoms with Gasteiger partial charge >= 0.3 is 0 Å². The van der Waals surface area contributed by atoms with Gasteiger partial charge in [-0.05, 0) is 44.9 Å². The first-order valence-corrected chi connectivity index (χ1v) is 8.79. The SMILES string of the molecule is CCCCCNC(=O)C1CCC(C(=O)N2CCCC2)CC1. The highest BCUT2D eigenvalue weighted by atomic mass is 16.2. The Kier molecular flexibility index (Phi) is 6.52. The molecule has 2 fully saturated rings. The molecule has 2 rings (SSSR count). The second-order valence-electron chi connectivity index (χ2n) is 6.58. The van der Waals surface area contributed by atoms with Crippen molar-refractivity contribution in [1.82, 2.24) is 10.2 Å². The van der Waals surface area contributed by atoms with Gasteiger partial charge in [0.15, 0.2) is 0 Å². The molecule has 1 heterocycles. The summed E-state index contributed by atoms with van der Waals surface area (Å²) in [5, 5.41) is 3.05. The van der Waals surface area contributed by atoms with E-state index < -0.39 is 0 Å². The summed E-state index contributed by atoms with van der Waals surface area (Å²) in [5.41, 5.74) is 0. The summed E-state index contributed by atoms with van der Waals surface area (Å²) in [7, 11) is 0. The molecule has 2 aliphatic rings. The van der Waals surface area contributed by atoms with Crippen molar-refractivity contribution in [3.05, 3.63) is 0 Å². The monoisotopic (exact) mass is 294 g/mol. The van der Waals surface area contributed by atoms with Crippen LogP contribution in [0.4, 0.5) is 0 Å². The molecule has 1 aliphatic heterocycles. The molecule has 1 aliphatic carbocycles. The predicted molar refractivity (Wildman–Crippen MR) is 83.8 cm³/mol. The van der Waals surface area contributed by atoms with Crippen LogP contribution < -0.4 is 5.32 Å². The molecule has 4 heteroatoms. The van der Waals surface area contributed by atoms with E-state index >= 15 is 0 Å².